The van der Waals surface area contributed by atoms with Gasteiger partial charge in [-0.2, -0.15) is 0 Å². The number of ether oxygens (including phenoxy) is 2. The zero-order valence-corrected chi connectivity index (χ0v) is 12.7. The molecule has 3 atom stereocenters. The molecular weight excluding hydrogens is 252 g/mol. The van der Waals surface area contributed by atoms with Crippen molar-refractivity contribution < 1.29 is 14.6 Å². The van der Waals surface area contributed by atoms with E-state index in [-0.39, 0.29) is 12.2 Å². The highest BCUT2D eigenvalue weighted by atomic mass is 16.5. The third-order valence-electron chi connectivity index (χ3n) is 4.14. The Morgan fingerprint density at radius 1 is 1.25 bits per heavy atom. The highest BCUT2D eigenvalue weighted by molar-refractivity contribution is 5.33. The van der Waals surface area contributed by atoms with Crippen molar-refractivity contribution >= 4 is 0 Å². The van der Waals surface area contributed by atoms with E-state index < -0.39 is 0 Å². The fourth-order valence-corrected chi connectivity index (χ4v) is 2.85. The van der Waals surface area contributed by atoms with E-state index in [1.54, 1.807) is 0 Å². The lowest BCUT2D eigenvalue weighted by Crippen LogP contribution is -2.39. The van der Waals surface area contributed by atoms with Gasteiger partial charge in [0.15, 0.2) is 0 Å². The quantitative estimate of drug-likeness (QED) is 0.893. The molecular formula is C17H26O3. The van der Waals surface area contributed by atoms with Crippen molar-refractivity contribution in [3.63, 3.8) is 0 Å². The number of hydrogen-bond acceptors (Lipinski definition) is 3. The molecule has 1 aliphatic carbocycles. The molecule has 1 N–H and O–H groups in total. The van der Waals surface area contributed by atoms with E-state index >= 15 is 0 Å². The largest absolute Gasteiger partial charge is 0.494 e. The van der Waals surface area contributed by atoms with Gasteiger partial charge in [-0.25, -0.2) is 0 Å². The van der Waals surface area contributed by atoms with E-state index in [0.29, 0.717) is 18.4 Å². The molecule has 3 unspecified atom stereocenters. The van der Waals surface area contributed by atoms with Crippen LogP contribution < -0.4 is 9.47 Å². The minimum Gasteiger partial charge on any atom is -0.494 e. The Morgan fingerprint density at radius 3 is 2.70 bits per heavy atom. The lowest BCUT2D eigenvalue weighted by molar-refractivity contribution is -0.0177. The zero-order valence-electron chi connectivity index (χ0n) is 12.7. The van der Waals surface area contributed by atoms with Gasteiger partial charge in [0, 0.05) is 6.07 Å². The standard InChI is InChI=1S/C17H26O3/c1-4-19-14-6-5-7-15(11-14)20-17-10-13(12(2)3)8-9-16(17)18/h5-7,11-13,16-18H,4,8-10H2,1-3H3. The number of rotatable bonds is 5. The van der Waals surface area contributed by atoms with Crippen LogP contribution in [0.2, 0.25) is 0 Å². The lowest BCUT2D eigenvalue weighted by atomic mass is 9.79. The summed E-state index contributed by atoms with van der Waals surface area (Å²) in [6.45, 7) is 7.10. The first kappa shape index (κ1) is 15.2. The average molecular weight is 278 g/mol. The predicted molar refractivity (Wildman–Crippen MR) is 80.2 cm³/mol. The molecule has 0 amide bonds. The molecule has 0 saturated heterocycles. The Morgan fingerprint density at radius 2 is 2.00 bits per heavy atom. The van der Waals surface area contributed by atoms with Crippen LogP contribution in [0.1, 0.15) is 40.0 Å². The summed E-state index contributed by atoms with van der Waals surface area (Å²) >= 11 is 0. The smallest absolute Gasteiger partial charge is 0.125 e. The van der Waals surface area contributed by atoms with Crippen molar-refractivity contribution in [1.82, 2.24) is 0 Å². The highest BCUT2D eigenvalue weighted by Crippen LogP contribution is 2.33. The SMILES string of the molecule is CCOc1cccc(OC2CC(C(C)C)CCC2O)c1. The Balaban J connectivity index is 2.01. The first-order valence-electron chi connectivity index (χ1n) is 7.67. The summed E-state index contributed by atoms with van der Waals surface area (Å²) < 4.78 is 11.5. The van der Waals surface area contributed by atoms with Gasteiger partial charge in [0.1, 0.15) is 17.6 Å². The van der Waals surface area contributed by atoms with Gasteiger partial charge in [-0.3, -0.25) is 0 Å². The fraction of sp³-hybridized carbons (Fsp3) is 0.647. The van der Waals surface area contributed by atoms with Crippen LogP contribution in [0.3, 0.4) is 0 Å². The maximum atomic E-state index is 10.1. The molecule has 0 spiro atoms. The van der Waals surface area contributed by atoms with Crippen molar-refractivity contribution in [2.24, 2.45) is 11.8 Å². The van der Waals surface area contributed by atoms with Crippen LogP contribution in [-0.2, 0) is 0 Å². The van der Waals surface area contributed by atoms with E-state index in [9.17, 15) is 5.11 Å². The predicted octanol–water partition coefficient (Wildman–Crippen LogP) is 3.65. The van der Waals surface area contributed by atoms with Gasteiger partial charge < -0.3 is 14.6 Å². The summed E-state index contributed by atoms with van der Waals surface area (Å²) in [4.78, 5) is 0. The van der Waals surface area contributed by atoms with Gasteiger partial charge in [0.25, 0.3) is 0 Å². The van der Waals surface area contributed by atoms with E-state index in [2.05, 4.69) is 13.8 Å². The summed E-state index contributed by atoms with van der Waals surface area (Å²) in [7, 11) is 0. The van der Waals surface area contributed by atoms with Crippen molar-refractivity contribution in [3.8, 4) is 11.5 Å². The molecule has 1 aromatic carbocycles. The van der Waals surface area contributed by atoms with Crippen LogP contribution in [0.4, 0.5) is 0 Å². The van der Waals surface area contributed by atoms with Crippen LogP contribution in [0, 0.1) is 11.8 Å². The Kier molecular flexibility index (Phi) is 5.30. The molecule has 1 fully saturated rings. The first-order valence-corrected chi connectivity index (χ1v) is 7.67. The molecule has 0 aliphatic heterocycles. The summed E-state index contributed by atoms with van der Waals surface area (Å²) in [5, 5.41) is 10.1. The molecule has 112 valence electrons. The van der Waals surface area contributed by atoms with Gasteiger partial charge >= 0.3 is 0 Å². The van der Waals surface area contributed by atoms with Crippen molar-refractivity contribution in [1.29, 1.82) is 0 Å². The molecule has 1 aliphatic rings. The Labute approximate surface area is 121 Å². The fourth-order valence-electron chi connectivity index (χ4n) is 2.85. The molecule has 0 heterocycles. The van der Waals surface area contributed by atoms with Gasteiger partial charge in [-0.15, -0.1) is 0 Å². The third kappa shape index (κ3) is 3.89. The first-order chi connectivity index (χ1) is 9.60. The molecule has 1 saturated carbocycles. The normalized spacial score (nSPS) is 26.6. The van der Waals surface area contributed by atoms with Crippen LogP contribution >= 0.6 is 0 Å². The molecule has 1 aromatic rings. The van der Waals surface area contributed by atoms with E-state index in [4.69, 9.17) is 9.47 Å². The third-order valence-corrected chi connectivity index (χ3v) is 4.14. The van der Waals surface area contributed by atoms with Crippen LogP contribution in [0.5, 0.6) is 11.5 Å². The van der Waals surface area contributed by atoms with Gasteiger partial charge in [-0.1, -0.05) is 19.9 Å². The second kappa shape index (κ2) is 6.98. The maximum Gasteiger partial charge on any atom is 0.125 e. The molecule has 3 heteroatoms. The van der Waals surface area contributed by atoms with E-state index in [1.807, 2.05) is 31.2 Å². The van der Waals surface area contributed by atoms with Crippen LogP contribution in [0.15, 0.2) is 24.3 Å². The van der Waals surface area contributed by atoms with Crippen molar-refractivity contribution in [2.45, 2.75) is 52.2 Å². The van der Waals surface area contributed by atoms with Crippen molar-refractivity contribution in [2.75, 3.05) is 6.61 Å². The number of hydrogen-bond donors (Lipinski definition) is 1. The second-order valence-electron chi connectivity index (χ2n) is 5.95. The maximum absolute atomic E-state index is 10.1. The van der Waals surface area contributed by atoms with Crippen molar-refractivity contribution in [3.05, 3.63) is 24.3 Å². The molecule has 0 aromatic heterocycles. The summed E-state index contributed by atoms with van der Waals surface area (Å²) in [5.74, 6) is 2.88. The topological polar surface area (TPSA) is 38.7 Å². The second-order valence-corrected chi connectivity index (χ2v) is 5.95. The van der Waals surface area contributed by atoms with Crippen LogP contribution in [-0.4, -0.2) is 23.9 Å². The van der Waals surface area contributed by atoms with E-state index in [0.717, 1.165) is 30.8 Å². The molecule has 20 heavy (non-hydrogen) atoms. The van der Waals surface area contributed by atoms with E-state index in [1.165, 1.54) is 0 Å². The minimum atomic E-state index is -0.360. The van der Waals surface area contributed by atoms with Gasteiger partial charge in [-0.05, 0) is 50.2 Å². The number of aliphatic hydroxyl groups excluding tert-OH is 1. The summed E-state index contributed by atoms with van der Waals surface area (Å²) in [6, 6.07) is 7.67. The van der Waals surface area contributed by atoms with Gasteiger partial charge in [0.05, 0.1) is 12.7 Å². The Bertz CT molecular complexity index is 416. The molecule has 0 bridgehead atoms. The lowest BCUT2D eigenvalue weighted by Gasteiger charge is -2.35. The molecule has 0 radical (unpaired) electrons. The zero-order chi connectivity index (χ0) is 14.5. The molecule has 2 rings (SSSR count). The highest BCUT2D eigenvalue weighted by Gasteiger charge is 2.32. The summed E-state index contributed by atoms with van der Waals surface area (Å²) in [6.07, 6.45) is 2.39. The summed E-state index contributed by atoms with van der Waals surface area (Å²) in [5.41, 5.74) is 0. The number of aliphatic hydroxyl groups is 1. The van der Waals surface area contributed by atoms with Gasteiger partial charge in [0.2, 0.25) is 0 Å². The monoisotopic (exact) mass is 278 g/mol. The average Bonchev–Trinajstić information content (AvgIpc) is 2.42. The Hall–Kier alpha value is -1.22. The molecule has 3 nitrogen and oxygen atoms in total. The minimum absolute atomic E-state index is 0.104. The number of benzene rings is 1. The van der Waals surface area contributed by atoms with Crippen LogP contribution in [0.25, 0.3) is 0 Å².